The lowest BCUT2D eigenvalue weighted by atomic mass is 10.0. The van der Waals surface area contributed by atoms with Crippen molar-refractivity contribution in [2.75, 3.05) is 11.9 Å². The summed E-state index contributed by atoms with van der Waals surface area (Å²) in [5.74, 6) is -0.304. The maximum absolute atomic E-state index is 11.6. The molecular formula is C17H17NO3. The minimum absolute atomic E-state index is 0.0128. The predicted molar refractivity (Wildman–Crippen MR) is 82.2 cm³/mol. The number of amides is 1. The van der Waals surface area contributed by atoms with E-state index >= 15 is 0 Å². The van der Waals surface area contributed by atoms with Gasteiger partial charge in [-0.15, -0.1) is 0 Å². The number of aliphatic hydroxyl groups excluding tert-OH is 1. The maximum Gasteiger partial charge on any atom is 0.250 e. The molecule has 1 unspecified atom stereocenters. The monoisotopic (exact) mass is 283 g/mol. The molecule has 0 aromatic heterocycles. The molecule has 1 amide bonds. The zero-order valence-electron chi connectivity index (χ0n) is 11.7. The lowest BCUT2D eigenvalue weighted by Gasteiger charge is -2.19. The highest BCUT2D eigenvalue weighted by Crippen LogP contribution is 2.29. The van der Waals surface area contributed by atoms with Gasteiger partial charge in [0.2, 0.25) is 5.91 Å². The summed E-state index contributed by atoms with van der Waals surface area (Å²) < 4.78 is 0. The van der Waals surface area contributed by atoms with Crippen molar-refractivity contribution in [3.05, 3.63) is 72.3 Å². The minimum Gasteiger partial charge on any atom is -0.508 e. The molecule has 2 aromatic rings. The van der Waals surface area contributed by atoms with Crippen LogP contribution in [0.15, 0.2) is 61.2 Å². The Morgan fingerprint density at radius 1 is 1.19 bits per heavy atom. The molecule has 1 atom stereocenters. The quantitative estimate of drug-likeness (QED) is 0.848. The van der Waals surface area contributed by atoms with Crippen molar-refractivity contribution in [1.29, 1.82) is 0 Å². The molecule has 0 saturated carbocycles. The number of phenolic OH excluding ortho intramolecular Hbond substituents is 1. The lowest BCUT2D eigenvalue weighted by Crippen LogP contribution is -2.23. The largest absolute Gasteiger partial charge is 0.508 e. The van der Waals surface area contributed by atoms with Crippen molar-refractivity contribution >= 4 is 11.6 Å². The third-order valence-electron chi connectivity index (χ3n) is 3.25. The molecule has 2 aromatic carbocycles. The Balaban J connectivity index is 2.39. The summed E-state index contributed by atoms with van der Waals surface area (Å²) in [7, 11) is 1.58. The van der Waals surface area contributed by atoms with Gasteiger partial charge in [-0.3, -0.25) is 4.79 Å². The molecule has 0 heterocycles. The number of likely N-dealkylation sites (N-methyl/N-ethyl adjacent to an activating group) is 1. The molecule has 0 aliphatic carbocycles. The summed E-state index contributed by atoms with van der Waals surface area (Å²) >= 11 is 0. The van der Waals surface area contributed by atoms with Crippen LogP contribution in [-0.4, -0.2) is 23.2 Å². The van der Waals surface area contributed by atoms with Gasteiger partial charge in [0.25, 0.3) is 0 Å². The number of carbonyl (C=O) groups excluding carboxylic acids is 1. The van der Waals surface area contributed by atoms with Gasteiger partial charge < -0.3 is 15.1 Å². The van der Waals surface area contributed by atoms with E-state index in [4.69, 9.17) is 0 Å². The number of aromatic hydroxyl groups is 1. The van der Waals surface area contributed by atoms with E-state index in [9.17, 15) is 15.0 Å². The maximum atomic E-state index is 11.6. The second-order valence-corrected chi connectivity index (χ2v) is 4.70. The average molecular weight is 283 g/mol. The number of carbonyl (C=O) groups is 1. The zero-order valence-corrected chi connectivity index (χ0v) is 11.7. The van der Waals surface area contributed by atoms with E-state index in [0.29, 0.717) is 16.8 Å². The average Bonchev–Trinajstić information content (AvgIpc) is 2.52. The summed E-state index contributed by atoms with van der Waals surface area (Å²) in [4.78, 5) is 13.0. The second kappa shape index (κ2) is 6.24. The first-order valence-corrected chi connectivity index (χ1v) is 6.50. The number of nitrogens with zero attached hydrogens (tertiary/aromatic N) is 1. The Morgan fingerprint density at radius 3 is 2.48 bits per heavy atom. The number of hydrogen-bond acceptors (Lipinski definition) is 3. The van der Waals surface area contributed by atoms with Gasteiger partial charge in [0.15, 0.2) is 0 Å². The van der Waals surface area contributed by atoms with Crippen LogP contribution in [0.1, 0.15) is 17.2 Å². The topological polar surface area (TPSA) is 60.8 Å². The van der Waals surface area contributed by atoms with E-state index in [1.54, 1.807) is 25.2 Å². The molecule has 4 heteroatoms. The molecule has 4 nitrogen and oxygen atoms in total. The molecular weight excluding hydrogens is 266 g/mol. The Morgan fingerprint density at radius 2 is 1.86 bits per heavy atom. The molecule has 0 radical (unpaired) electrons. The van der Waals surface area contributed by atoms with Crippen LogP contribution < -0.4 is 4.90 Å². The number of benzene rings is 2. The Bertz CT molecular complexity index is 652. The fourth-order valence-corrected chi connectivity index (χ4v) is 2.06. The van der Waals surface area contributed by atoms with E-state index in [-0.39, 0.29) is 11.7 Å². The van der Waals surface area contributed by atoms with Gasteiger partial charge in [0.05, 0.1) is 0 Å². The molecule has 2 rings (SSSR count). The van der Waals surface area contributed by atoms with Crippen molar-refractivity contribution in [2.24, 2.45) is 0 Å². The molecule has 0 aliphatic heterocycles. The van der Waals surface area contributed by atoms with E-state index in [0.717, 1.165) is 0 Å². The SMILES string of the molecule is C=CC(=O)N(C)c1cc(O)cc(C(O)c2ccccc2)c1. The van der Waals surface area contributed by atoms with Gasteiger partial charge in [-0.05, 0) is 29.3 Å². The predicted octanol–water partition coefficient (Wildman–Crippen LogP) is 2.62. The lowest BCUT2D eigenvalue weighted by molar-refractivity contribution is -0.113. The molecule has 0 spiro atoms. The first-order chi connectivity index (χ1) is 10.0. The summed E-state index contributed by atoms with van der Waals surface area (Å²) in [6.07, 6.45) is 0.321. The van der Waals surface area contributed by atoms with E-state index in [1.165, 1.54) is 23.1 Å². The highest BCUT2D eigenvalue weighted by atomic mass is 16.3. The van der Waals surface area contributed by atoms with Crippen LogP contribution >= 0.6 is 0 Å². The van der Waals surface area contributed by atoms with Crippen LogP contribution in [-0.2, 0) is 4.79 Å². The number of anilines is 1. The zero-order chi connectivity index (χ0) is 15.4. The van der Waals surface area contributed by atoms with E-state index in [1.807, 2.05) is 18.2 Å². The van der Waals surface area contributed by atoms with Gasteiger partial charge in [-0.25, -0.2) is 0 Å². The molecule has 21 heavy (non-hydrogen) atoms. The van der Waals surface area contributed by atoms with E-state index < -0.39 is 6.10 Å². The van der Waals surface area contributed by atoms with Gasteiger partial charge >= 0.3 is 0 Å². The molecule has 0 fully saturated rings. The summed E-state index contributed by atoms with van der Waals surface area (Å²) in [6, 6.07) is 13.7. The van der Waals surface area contributed by atoms with Gasteiger partial charge in [0, 0.05) is 18.8 Å². The van der Waals surface area contributed by atoms with Crippen LogP contribution in [0.25, 0.3) is 0 Å². The van der Waals surface area contributed by atoms with Crippen LogP contribution in [0.2, 0.25) is 0 Å². The Labute approximate surface area is 123 Å². The number of rotatable bonds is 4. The van der Waals surface area contributed by atoms with Gasteiger partial charge in [0.1, 0.15) is 11.9 Å². The first kappa shape index (κ1) is 14.8. The van der Waals surface area contributed by atoms with Crippen LogP contribution in [0.5, 0.6) is 5.75 Å². The van der Waals surface area contributed by atoms with Crippen molar-refractivity contribution in [3.63, 3.8) is 0 Å². The second-order valence-electron chi connectivity index (χ2n) is 4.70. The molecule has 0 saturated heterocycles. The fourth-order valence-electron chi connectivity index (χ4n) is 2.06. The third-order valence-corrected chi connectivity index (χ3v) is 3.25. The van der Waals surface area contributed by atoms with Crippen LogP contribution in [0.3, 0.4) is 0 Å². The van der Waals surface area contributed by atoms with Crippen LogP contribution in [0, 0.1) is 0 Å². The molecule has 2 N–H and O–H groups in total. The Kier molecular flexibility index (Phi) is 4.40. The number of phenols is 1. The highest BCUT2D eigenvalue weighted by molar-refractivity contribution is 6.00. The Hall–Kier alpha value is -2.59. The summed E-state index contributed by atoms with van der Waals surface area (Å²) in [5.41, 5.74) is 1.72. The van der Waals surface area contributed by atoms with E-state index in [2.05, 4.69) is 6.58 Å². The van der Waals surface area contributed by atoms with Crippen molar-refractivity contribution in [1.82, 2.24) is 0 Å². The third kappa shape index (κ3) is 3.30. The van der Waals surface area contributed by atoms with Gasteiger partial charge in [-0.1, -0.05) is 36.9 Å². The fraction of sp³-hybridized carbons (Fsp3) is 0.118. The van der Waals surface area contributed by atoms with Crippen molar-refractivity contribution in [2.45, 2.75) is 6.10 Å². The highest BCUT2D eigenvalue weighted by Gasteiger charge is 2.15. The van der Waals surface area contributed by atoms with Crippen LogP contribution in [0.4, 0.5) is 5.69 Å². The van der Waals surface area contributed by atoms with Gasteiger partial charge in [-0.2, -0.15) is 0 Å². The standard InChI is InChI=1S/C17H17NO3/c1-3-16(20)18(2)14-9-13(10-15(19)11-14)17(21)12-7-5-4-6-8-12/h3-11,17,19,21H,1H2,2H3. The van der Waals surface area contributed by atoms with Crippen molar-refractivity contribution < 1.29 is 15.0 Å². The molecule has 0 bridgehead atoms. The van der Waals surface area contributed by atoms with Crippen molar-refractivity contribution in [3.8, 4) is 5.75 Å². The summed E-state index contributed by atoms with van der Waals surface area (Å²) in [5, 5.41) is 20.2. The minimum atomic E-state index is -0.871. The number of aliphatic hydroxyl groups is 1. The first-order valence-electron chi connectivity index (χ1n) is 6.50. The smallest absolute Gasteiger partial charge is 0.250 e. The summed E-state index contributed by atoms with van der Waals surface area (Å²) in [6.45, 7) is 3.43. The molecule has 0 aliphatic rings. The molecule has 108 valence electrons. The number of hydrogen-bond donors (Lipinski definition) is 2. The normalized spacial score (nSPS) is 11.7.